The first-order chi connectivity index (χ1) is 6.68. The lowest BCUT2D eigenvalue weighted by atomic mass is 9.96. The maximum Gasteiger partial charge on any atom is 0.0308 e. The van der Waals surface area contributed by atoms with Gasteiger partial charge in [-0.05, 0) is 24.5 Å². The molecule has 2 rings (SSSR count). The van der Waals surface area contributed by atoms with E-state index in [0.29, 0.717) is 10.5 Å². The molecule has 1 aliphatic rings. The van der Waals surface area contributed by atoms with Crippen molar-refractivity contribution in [3.63, 3.8) is 0 Å². The minimum absolute atomic E-state index is 0.221. The van der Waals surface area contributed by atoms with Gasteiger partial charge in [0, 0.05) is 16.5 Å². The zero-order valence-corrected chi connectivity index (χ0v) is 9.55. The molecule has 1 aromatic rings. The van der Waals surface area contributed by atoms with Gasteiger partial charge in [0.15, 0.2) is 0 Å². The lowest BCUT2D eigenvalue weighted by Gasteiger charge is -2.14. The number of hydrogen-bond acceptors (Lipinski definition) is 2. The van der Waals surface area contributed by atoms with Crippen molar-refractivity contribution >= 4 is 11.8 Å². The summed E-state index contributed by atoms with van der Waals surface area (Å²) in [5.74, 6) is 0. The van der Waals surface area contributed by atoms with Crippen LogP contribution >= 0.6 is 11.8 Å². The van der Waals surface area contributed by atoms with Gasteiger partial charge in [-0.3, -0.25) is 0 Å². The highest BCUT2D eigenvalue weighted by Crippen LogP contribution is 2.41. The largest absolute Gasteiger partial charge is 0.324 e. The van der Waals surface area contributed by atoms with Crippen LogP contribution in [-0.4, -0.2) is 5.25 Å². The van der Waals surface area contributed by atoms with Crippen LogP contribution in [0.15, 0.2) is 24.3 Å². The minimum atomic E-state index is 0.221. The van der Waals surface area contributed by atoms with Crippen molar-refractivity contribution in [1.82, 2.24) is 0 Å². The SMILES string of the molecule is CC1C[C@@H](N)c2ccccc2C(C)S1. The molecule has 3 atom stereocenters. The van der Waals surface area contributed by atoms with Gasteiger partial charge in [0.05, 0.1) is 0 Å². The third-order valence-corrected chi connectivity index (χ3v) is 4.17. The Morgan fingerprint density at radius 1 is 1.21 bits per heavy atom. The average Bonchev–Trinajstić information content (AvgIpc) is 2.26. The van der Waals surface area contributed by atoms with Gasteiger partial charge >= 0.3 is 0 Å². The van der Waals surface area contributed by atoms with Crippen molar-refractivity contribution in [3.8, 4) is 0 Å². The first-order valence-electron chi connectivity index (χ1n) is 5.18. The molecule has 0 saturated carbocycles. The summed E-state index contributed by atoms with van der Waals surface area (Å²) in [5.41, 5.74) is 8.96. The van der Waals surface area contributed by atoms with E-state index in [-0.39, 0.29) is 6.04 Å². The molecule has 2 N–H and O–H groups in total. The molecule has 0 bridgehead atoms. The fourth-order valence-electron chi connectivity index (χ4n) is 2.18. The van der Waals surface area contributed by atoms with Gasteiger partial charge in [0.25, 0.3) is 0 Å². The predicted octanol–water partition coefficient (Wildman–Crippen LogP) is 3.27. The maximum absolute atomic E-state index is 6.19. The summed E-state index contributed by atoms with van der Waals surface area (Å²) in [5, 5.41) is 1.24. The normalized spacial score (nSPS) is 32.1. The number of rotatable bonds is 0. The summed E-state index contributed by atoms with van der Waals surface area (Å²) in [4.78, 5) is 0. The van der Waals surface area contributed by atoms with Crippen LogP contribution in [0.4, 0.5) is 0 Å². The third kappa shape index (κ3) is 1.82. The van der Waals surface area contributed by atoms with Gasteiger partial charge in [0.2, 0.25) is 0 Å². The summed E-state index contributed by atoms with van der Waals surface area (Å²) in [7, 11) is 0. The van der Waals surface area contributed by atoms with Crippen LogP contribution in [0.2, 0.25) is 0 Å². The first kappa shape index (κ1) is 10.1. The highest BCUT2D eigenvalue weighted by molar-refractivity contribution is 8.00. The van der Waals surface area contributed by atoms with Crippen LogP contribution in [0.3, 0.4) is 0 Å². The van der Waals surface area contributed by atoms with Crippen molar-refractivity contribution in [2.75, 3.05) is 0 Å². The van der Waals surface area contributed by atoms with Gasteiger partial charge in [-0.25, -0.2) is 0 Å². The van der Waals surface area contributed by atoms with Crippen molar-refractivity contribution in [2.45, 2.75) is 36.8 Å². The van der Waals surface area contributed by atoms with Crippen LogP contribution in [0.1, 0.15) is 42.7 Å². The maximum atomic E-state index is 6.19. The molecule has 1 aliphatic heterocycles. The van der Waals surface area contributed by atoms with Crippen molar-refractivity contribution in [1.29, 1.82) is 0 Å². The van der Waals surface area contributed by atoms with Gasteiger partial charge in [0.1, 0.15) is 0 Å². The lowest BCUT2D eigenvalue weighted by Crippen LogP contribution is -2.13. The standard InChI is InChI=1S/C12H17NS/c1-8-7-12(13)11-6-4-3-5-10(11)9(2)14-8/h3-6,8-9,12H,7,13H2,1-2H3/t8?,9?,12-/m1/s1. The number of thioether (sulfide) groups is 1. The second kappa shape index (κ2) is 3.95. The molecule has 76 valence electrons. The van der Waals surface area contributed by atoms with E-state index in [1.807, 2.05) is 11.8 Å². The van der Waals surface area contributed by atoms with E-state index < -0.39 is 0 Å². The van der Waals surface area contributed by atoms with E-state index in [2.05, 4.69) is 38.1 Å². The molecule has 0 aliphatic carbocycles. The van der Waals surface area contributed by atoms with E-state index in [1.54, 1.807) is 0 Å². The summed E-state index contributed by atoms with van der Waals surface area (Å²) < 4.78 is 0. The fraction of sp³-hybridized carbons (Fsp3) is 0.500. The summed E-state index contributed by atoms with van der Waals surface area (Å²) in [6.07, 6.45) is 1.09. The zero-order chi connectivity index (χ0) is 10.1. The number of hydrogen-bond donors (Lipinski definition) is 1. The Hall–Kier alpha value is -0.470. The monoisotopic (exact) mass is 207 g/mol. The molecule has 2 heteroatoms. The second-order valence-electron chi connectivity index (χ2n) is 4.06. The summed E-state index contributed by atoms with van der Waals surface area (Å²) in [6, 6.07) is 8.81. The molecule has 1 aromatic carbocycles. The molecule has 0 saturated heterocycles. The highest BCUT2D eigenvalue weighted by Gasteiger charge is 2.23. The topological polar surface area (TPSA) is 26.0 Å². The molecule has 1 heterocycles. The molecule has 0 fully saturated rings. The fourth-order valence-corrected chi connectivity index (χ4v) is 3.56. The average molecular weight is 207 g/mol. The third-order valence-electron chi connectivity index (χ3n) is 2.86. The van der Waals surface area contributed by atoms with Crippen molar-refractivity contribution in [2.24, 2.45) is 5.73 Å². The Bertz CT molecular complexity index is 293. The van der Waals surface area contributed by atoms with Gasteiger partial charge in [-0.15, -0.1) is 0 Å². The Kier molecular flexibility index (Phi) is 2.84. The molecule has 0 amide bonds. The highest BCUT2D eigenvalue weighted by atomic mass is 32.2. The molecule has 0 aromatic heterocycles. The predicted molar refractivity (Wildman–Crippen MR) is 63.5 cm³/mol. The van der Waals surface area contributed by atoms with Crippen LogP contribution < -0.4 is 5.73 Å². The molecule has 0 spiro atoms. The number of nitrogens with two attached hydrogens (primary N) is 1. The second-order valence-corrected chi connectivity index (χ2v) is 5.84. The first-order valence-corrected chi connectivity index (χ1v) is 6.12. The van der Waals surface area contributed by atoms with E-state index in [4.69, 9.17) is 5.73 Å². The smallest absolute Gasteiger partial charge is 0.0308 e. The molecular weight excluding hydrogens is 190 g/mol. The van der Waals surface area contributed by atoms with Crippen LogP contribution in [0.5, 0.6) is 0 Å². The molecule has 0 radical (unpaired) electrons. The van der Waals surface area contributed by atoms with Gasteiger partial charge < -0.3 is 5.73 Å². The quantitative estimate of drug-likeness (QED) is 0.706. The Balaban J connectivity index is 2.42. The molecule has 14 heavy (non-hydrogen) atoms. The molecule has 2 unspecified atom stereocenters. The zero-order valence-electron chi connectivity index (χ0n) is 8.73. The Morgan fingerprint density at radius 2 is 1.86 bits per heavy atom. The van der Waals surface area contributed by atoms with Crippen LogP contribution in [0, 0.1) is 0 Å². The Morgan fingerprint density at radius 3 is 2.57 bits per heavy atom. The van der Waals surface area contributed by atoms with Gasteiger partial charge in [-0.1, -0.05) is 31.2 Å². The molecular formula is C12H17NS. The Labute approximate surface area is 90.1 Å². The number of fused-ring (bicyclic) bond motifs is 1. The van der Waals surface area contributed by atoms with Crippen LogP contribution in [0.25, 0.3) is 0 Å². The van der Waals surface area contributed by atoms with Crippen molar-refractivity contribution < 1.29 is 0 Å². The summed E-state index contributed by atoms with van der Waals surface area (Å²) >= 11 is 2.03. The van der Waals surface area contributed by atoms with E-state index in [0.717, 1.165) is 6.42 Å². The van der Waals surface area contributed by atoms with Crippen molar-refractivity contribution in [3.05, 3.63) is 35.4 Å². The van der Waals surface area contributed by atoms with E-state index in [1.165, 1.54) is 11.1 Å². The lowest BCUT2D eigenvalue weighted by molar-refractivity contribution is 0.651. The van der Waals surface area contributed by atoms with E-state index in [9.17, 15) is 0 Å². The minimum Gasteiger partial charge on any atom is -0.324 e. The van der Waals surface area contributed by atoms with Crippen LogP contribution in [-0.2, 0) is 0 Å². The van der Waals surface area contributed by atoms with Gasteiger partial charge in [-0.2, -0.15) is 11.8 Å². The summed E-state index contributed by atoms with van der Waals surface area (Å²) in [6.45, 7) is 4.55. The molecule has 1 nitrogen and oxygen atoms in total. The van der Waals surface area contributed by atoms with E-state index >= 15 is 0 Å². The number of benzene rings is 1.